The standard InChI is InChI=1S/C17H17F4N3O5S2/c1-29-7-6-24(9-17(19,20)21)31(27,28)13-8-11(14(22)25)16(30-13)23-15(26)10-4-2-3-5-12(10)18/h2-5,8H,6-7,9H2,1H3,(H2,22,25)(H,23,26). The number of halogens is 4. The Hall–Kier alpha value is -2.55. The van der Waals surface area contributed by atoms with E-state index in [1.165, 1.54) is 19.2 Å². The number of nitrogens with two attached hydrogens (primary N) is 1. The van der Waals surface area contributed by atoms with E-state index < -0.39 is 62.3 Å². The molecule has 0 unspecified atom stereocenters. The van der Waals surface area contributed by atoms with Crippen molar-refractivity contribution in [3.63, 3.8) is 0 Å². The minimum absolute atomic E-state index is 0.134. The number of carbonyl (C=O) groups excluding carboxylic acids is 2. The van der Waals surface area contributed by atoms with Gasteiger partial charge in [0.1, 0.15) is 21.6 Å². The van der Waals surface area contributed by atoms with Crippen LogP contribution in [0.2, 0.25) is 0 Å². The summed E-state index contributed by atoms with van der Waals surface area (Å²) in [6.45, 7) is -2.72. The maximum atomic E-state index is 13.8. The van der Waals surface area contributed by atoms with Crippen LogP contribution in [0.3, 0.4) is 0 Å². The molecule has 0 saturated carbocycles. The van der Waals surface area contributed by atoms with Gasteiger partial charge in [0.05, 0.1) is 17.7 Å². The smallest absolute Gasteiger partial charge is 0.383 e. The Morgan fingerprint density at radius 2 is 1.87 bits per heavy atom. The van der Waals surface area contributed by atoms with E-state index in [1.54, 1.807) is 0 Å². The van der Waals surface area contributed by atoms with Gasteiger partial charge in [-0.05, 0) is 18.2 Å². The molecule has 1 heterocycles. The zero-order valence-electron chi connectivity index (χ0n) is 15.9. The van der Waals surface area contributed by atoms with Crippen molar-refractivity contribution in [3.8, 4) is 0 Å². The number of ether oxygens (including phenoxy) is 1. The fourth-order valence-corrected chi connectivity index (χ4v) is 5.32. The van der Waals surface area contributed by atoms with Gasteiger partial charge in [0.2, 0.25) is 0 Å². The zero-order chi connectivity index (χ0) is 23.4. The van der Waals surface area contributed by atoms with Crippen molar-refractivity contribution in [1.29, 1.82) is 0 Å². The first-order valence-corrected chi connectivity index (χ1v) is 10.7. The number of thiophene rings is 1. The maximum Gasteiger partial charge on any atom is 0.402 e. The molecule has 0 aliphatic heterocycles. The largest absolute Gasteiger partial charge is 0.402 e. The third kappa shape index (κ3) is 6.22. The third-order valence-electron chi connectivity index (χ3n) is 3.82. The summed E-state index contributed by atoms with van der Waals surface area (Å²) in [5.74, 6) is -3.01. The van der Waals surface area contributed by atoms with Crippen molar-refractivity contribution in [3.05, 3.63) is 47.3 Å². The molecule has 0 atom stereocenters. The highest BCUT2D eigenvalue weighted by Crippen LogP contribution is 2.34. The predicted octanol–water partition coefficient (Wildman–Crippen LogP) is 2.44. The first kappa shape index (κ1) is 24.7. The lowest BCUT2D eigenvalue weighted by Crippen LogP contribution is -2.40. The molecule has 2 amide bonds. The molecule has 3 N–H and O–H groups in total. The Morgan fingerprint density at radius 3 is 2.42 bits per heavy atom. The molecule has 0 spiro atoms. The number of anilines is 1. The van der Waals surface area contributed by atoms with Crippen molar-refractivity contribution in [1.82, 2.24) is 4.31 Å². The molecule has 0 bridgehead atoms. The lowest BCUT2D eigenvalue weighted by molar-refractivity contribution is -0.136. The van der Waals surface area contributed by atoms with Gasteiger partial charge in [0.25, 0.3) is 21.8 Å². The summed E-state index contributed by atoms with van der Waals surface area (Å²) < 4.78 is 82.1. The van der Waals surface area contributed by atoms with Gasteiger partial charge < -0.3 is 15.8 Å². The van der Waals surface area contributed by atoms with Crippen LogP contribution in [0.1, 0.15) is 20.7 Å². The van der Waals surface area contributed by atoms with Crippen LogP contribution in [-0.4, -0.2) is 57.5 Å². The Bertz CT molecular complexity index is 1070. The quantitative estimate of drug-likeness (QED) is 0.531. The number of nitrogens with one attached hydrogen (secondary N) is 1. The molecule has 1 aromatic heterocycles. The topological polar surface area (TPSA) is 119 Å². The van der Waals surface area contributed by atoms with E-state index in [9.17, 15) is 35.6 Å². The molecule has 0 saturated heterocycles. The van der Waals surface area contributed by atoms with Crippen molar-refractivity contribution in [2.75, 3.05) is 32.1 Å². The number of hydrogen-bond acceptors (Lipinski definition) is 6. The molecule has 0 radical (unpaired) electrons. The lowest BCUT2D eigenvalue weighted by atomic mass is 10.2. The molecule has 170 valence electrons. The number of primary amides is 1. The van der Waals surface area contributed by atoms with Crippen LogP contribution in [0.5, 0.6) is 0 Å². The number of hydrogen-bond donors (Lipinski definition) is 2. The van der Waals surface area contributed by atoms with Crippen LogP contribution in [-0.2, 0) is 14.8 Å². The van der Waals surface area contributed by atoms with Gasteiger partial charge in [0.15, 0.2) is 0 Å². The molecule has 8 nitrogen and oxygen atoms in total. The highest BCUT2D eigenvalue weighted by molar-refractivity contribution is 7.91. The van der Waals surface area contributed by atoms with Crippen molar-refractivity contribution in [2.45, 2.75) is 10.4 Å². The van der Waals surface area contributed by atoms with Crippen LogP contribution in [0.15, 0.2) is 34.5 Å². The molecule has 31 heavy (non-hydrogen) atoms. The van der Waals surface area contributed by atoms with Crippen LogP contribution in [0.25, 0.3) is 0 Å². The van der Waals surface area contributed by atoms with E-state index in [1.807, 2.05) is 0 Å². The summed E-state index contributed by atoms with van der Waals surface area (Å²) in [4.78, 5) is 24.0. The van der Waals surface area contributed by atoms with Crippen molar-refractivity contribution < 1.29 is 40.3 Å². The first-order chi connectivity index (χ1) is 14.4. The minimum atomic E-state index is -4.84. The Labute approximate surface area is 178 Å². The van der Waals surface area contributed by atoms with Gasteiger partial charge in [-0.25, -0.2) is 12.8 Å². The molecule has 2 aromatic rings. The number of alkyl halides is 3. The first-order valence-electron chi connectivity index (χ1n) is 8.42. The molecule has 14 heteroatoms. The number of benzene rings is 1. The molecular formula is C17H17F4N3O5S2. The summed E-state index contributed by atoms with van der Waals surface area (Å²) in [6, 6.07) is 5.64. The van der Waals surface area contributed by atoms with E-state index in [0.29, 0.717) is 11.3 Å². The van der Waals surface area contributed by atoms with Gasteiger partial charge in [0, 0.05) is 13.7 Å². The summed E-state index contributed by atoms with van der Waals surface area (Å²) in [6.07, 6.45) is -4.84. The van der Waals surface area contributed by atoms with E-state index in [4.69, 9.17) is 5.73 Å². The number of amides is 2. The minimum Gasteiger partial charge on any atom is -0.383 e. The van der Waals surface area contributed by atoms with Gasteiger partial charge in [-0.3, -0.25) is 9.59 Å². The molecule has 1 aromatic carbocycles. The molecule has 0 aliphatic rings. The van der Waals surface area contributed by atoms with E-state index in [-0.39, 0.29) is 15.9 Å². The lowest BCUT2D eigenvalue weighted by Gasteiger charge is -2.22. The number of nitrogens with zero attached hydrogens (tertiary/aromatic N) is 1. The molecule has 0 aliphatic carbocycles. The van der Waals surface area contributed by atoms with Crippen molar-refractivity contribution >= 4 is 38.2 Å². The second-order valence-electron chi connectivity index (χ2n) is 6.05. The zero-order valence-corrected chi connectivity index (χ0v) is 17.5. The van der Waals surface area contributed by atoms with E-state index in [0.717, 1.165) is 18.2 Å². The van der Waals surface area contributed by atoms with Crippen LogP contribution in [0.4, 0.5) is 22.6 Å². The molecular weight excluding hydrogens is 466 g/mol. The van der Waals surface area contributed by atoms with Gasteiger partial charge in [-0.1, -0.05) is 12.1 Å². The van der Waals surface area contributed by atoms with Gasteiger partial charge in [-0.15, -0.1) is 11.3 Å². The highest BCUT2D eigenvalue weighted by atomic mass is 32.2. The summed E-state index contributed by atoms with van der Waals surface area (Å²) in [5, 5.41) is 1.83. The van der Waals surface area contributed by atoms with E-state index in [2.05, 4.69) is 10.1 Å². The van der Waals surface area contributed by atoms with E-state index >= 15 is 0 Å². The van der Waals surface area contributed by atoms with Crippen LogP contribution < -0.4 is 11.1 Å². The normalized spacial score (nSPS) is 12.2. The monoisotopic (exact) mass is 483 g/mol. The Kier molecular flexibility index (Phi) is 7.75. The Morgan fingerprint density at radius 1 is 1.23 bits per heavy atom. The predicted molar refractivity (Wildman–Crippen MR) is 104 cm³/mol. The van der Waals surface area contributed by atoms with Crippen LogP contribution in [0, 0.1) is 5.82 Å². The fourth-order valence-electron chi connectivity index (χ4n) is 2.39. The number of carbonyl (C=O) groups is 2. The highest BCUT2D eigenvalue weighted by Gasteiger charge is 2.38. The Balaban J connectivity index is 2.44. The third-order valence-corrected chi connectivity index (χ3v) is 7.16. The summed E-state index contributed by atoms with van der Waals surface area (Å²) in [7, 11) is -3.55. The SMILES string of the molecule is COCCN(CC(F)(F)F)S(=O)(=O)c1cc(C(N)=O)c(NC(=O)c2ccccc2F)s1. The average molecular weight is 483 g/mol. The van der Waals surface area contributed by atoms with Gasteiger partial charge >= 0.3 is 6.18 Å². The number of sulfonamides is 1. The number of methoxy groups -OCH3 is 1. The second kappa shape index (κ2) is 9.72. The van der Waals surface area contributed by atoms with Gasteiger partial charge in [-0.2, -0.15) is 17.5 Å². The summed E-state index contributed by atoms with van der Waals surface area (Å²) in [5.41, 5.74) is 4.36. The number of rotatable bonds is 9. The maximum absolute atomic E-state index is 13.8. The second-order valence-corrected chi connectivity index (χ2v) is 9.27. The van der Waals surface area contributed by atoms with Crippen molar-refractivity contribution in [2.24, 2.45) is 5.73 Å². The molecule has 2 rings (SSSR count). The fraction of sp³-hybridized carbons (Fsp3) is 0.294. The van der Waals surface area contributed by atoms with Crippen LogP contribution >= 0.6 is 11.3 Å². The molecule has 0 fully saturated rings. The summed E-state index contributed by atoms with van der Waals surface area (Å²) >= 11 is 0.318. The average Bonchev–Trinajstić information content (AvgIpc) is 3.09.